The molecular formula is C15H30N2O4. The number of hydrogen-bond donors (Lipinski definition) is 3. The molecule has 1 atom stereocenters. The summed E-state index contributed by atoms with van der Waals surface area (Å²) in [6.07, 6.45) is 2.63. The maximum Gasteiger partial charge on any atom is 0.314 e. The largest absolute Gasteiger partial charge is 0.481 e. The Morgan fingerprint density at radius 1 is 1.00 bits per heavy atom. The van der Waals surface area contributed by atoms with Crippen LogP contribution in [0.25, 0.3) is 0 Å². The van der Waals surface area contributed by atoms with E-state index >= 15 is 0 Å². The molecule has 3 N–H and O–H groups in total. The summed E-state index contributed by atoms with van der Waals surface area (Å²) in [4.78, 5) is 21.9. The summed E-state index contributed by atoms with van der Waals surface area (Å²) in [6.45, 7) is 8.58. The first-order chi connectivity index (χ1) is 9.91. The number of aliphatic carboxylic acids is 1. The van der Waals surface area contributed by atoms with E-state index in [-0.39, 0.29) is 12.5 Å². The highest BCUT2D eigenvalue weighted by atomic mass is 16.5. The smallest absolute Gasteiger partial charge is 0.314 e. The maximum absolute atomic E-state index is 11.5. The zero-order valence-corrected chi connectivity index (χ0v) is 13.5. The number of ether oxygens (including phenoxy) is 1. The third-order valence-corrected chi connectivity index (χ3v) is 3.15. The molecule has 124 valence electrons. The Bertz CT molecular complexity index is 295. The first-order valence-electron chi connectivity index (χ1n) is 7.73. The standard InChI is InChI=1S/C15H30N2O4/c1-12(2)7-10-21-11-9-17-15(20)16-8-6-13(3)4-5-14(18)19/h12-13H,4-11H2,1-3H3,(H,18,19)(H2,16,17,20). The van der Waals surface area contributed by atoms with Crippen LogP contribution in [0.3, 0.4) is 0 Å². The molecule has 0 aromatic carbocycles. The van der Waals surface area contributed by atoms with Crippen LogP contribution in [0.5, 0.6) is 0 Å². The fraction of sp³-hybridized carbons (Fsp3) is 0.867. The molecule has 0 heterocycles. The van der Waals surface area contributed by atoms with E-state index in [9.17, 15) is 9.59 Å². The van der Waals surface area contributed by atoms with Crippen LogP contribution >= 0.6 is 0 Å². The van der Waals surface area contributed by atoms with Crippen molar-refractivity contribution in [3.8, 4) is 0 Å². The second-order valence-electron chi connectivity index (χ2n) is 5.80. The molecule has 6 nitrogen and oxygen atoms in total. The average molecular weight is 302 g/mol. The summed E-state index contributed by atoms with van der Waals surface area (Å²) in [5.41, 5.74) is 0. The van der Waals surface area contributed by atoms with Crippen LogP contribution < -0.4 is 10.6 Å². The molecule has 0 fully saturated rings. The van der Waals surface area contributed by atoms with Crippen molar-refractivity contribution in [3.63, 3.8) is 0 Å². The van der Waals surface area contributed by atoms with Gasteiger partial charge in [-0.1, -0.05) is 20.8 Å². The van der Waals surface area contributed by atoms with Crippen LogP contribution in [0.15, 0.2) is 0 Å². The Morgan fingerprint density at radius 2 is 1.67 bits per heavy atom. The lowest BCUT2D eigenvalue weighted by Crippen LogP contribution is -2.38. The van der Waals surface area contributed by atoms with Gasteiger partial charge in [0, 0.05) is 26.1 Å². The second kappa shape index (κ2) is 12.4. The molecule has 1 unspecified atom stereocenters. The topological polar surface area (TPSA) is 87.7 Å². The Hall–Kier alpha value is -1.30. The summed E-state index contributed by atoms with van der Waals surface area (Å²) in [5.74, 6) is 0.148. The number of urea groups is 1. The number of amides is 2. The van der Waals surface area contributed by atoms with Gasteiger partial charge in [-0.25, -0.2) is 4.79 Å². The SMILES string of the molecule is CC(C)CCOCCNC(=O)NCCC(C)CCC(=O)O. The minimum Gasteiger partial charge on any atom is -0.481 e. The predicted octanol–water partition coefficient (Wildman–Crippen LogP) is 2.24. The van der Waals surface area contributed by atoms with Crippen LogP contribution in [0.2, 0.25) is 0 Å². The van der Waals surface area contributed by atoms with Crippen molar-refractivity contribution in [1.29, 1.82) is 0 Å². The van der Waals surface area contributed by atoms with Crippen LogP contribution in [0, 0.1) is 11.8 Å². The van der Waals surface area contributed by atoms with Gasteiger partial charge in [0.25, 0.3) is 0 Å². The second-order valence-corrected chi connectivity index (χ2v) is 5.80. The molecule has 6 heteroatoms. The van der Waals surface area contributed by atoms with Crippen LogP contribution in [-0.2, 0) is 9.53 Å². The number of hydrogen-bond acceptors (Lipinski definition) is 3. The maximum atomic E-state index is 11.5. The van der Waals surface area contributed by atoms with Gasteiger partial charge in [0.2, 0.25) is 0 Å². The Balaban J connectivity index is 3.40. The van der Waals surface area contributed by atoms with E-state index in [0.29, 0.717) is 38.0 Å². The number of carboxylic acid groups (broad SMARTS) is 1. The molecule has 0 rings (SSSR count). The first kappa shape index (κ1) is 19.7. The summed E-state index contributed by atoms with van der Waals surface area (Å²) >= 11 is 0. The molecule has 0 saturated carbocycles. The summed E-state index contributed by atoms with van der Waals surface area (Å²) < 4.78 is 5.39. The fourth-order valence-corrected chi connectivity index (χ4v) is 1.67. The van der Waals surface area contributed by atoms with Crippen molar-refractivity contribution in [2.45, 2.75) is 46.5 Å². The van der Waals surface area contributed by atoms with Crippen molar-refractivity contribution in [2.24, 2.45) is 11.8 Å². The minimum absolute atomic E-state index is 0.182. The van der Waals surface area contributed by atoms with E-state index in [1.165, 1.54) is 0 Å². The van der Waals surface area contributed by atoms with Gasteiger partial charge in [-0.3, -0.25) is 4.79 Å². The van der Waals surface area contributed by atoms with Gasteiger partial charge in [-0.2, -0.15) is 0 Å². The van der Waals surface area contributed by atoms with E-state index in [1.807, 2.05) is 6.92 Å². The molecule has 0 aliphatic rings. The van der Waals surface area contributed by atoms with Crippen LogP contribution in [-0.4, -0.2) is 43.4 Å². The van der Waals surface area contributed by atoms with Crippen molar-refractivity contribution in [1.82, 2.24) is 10.6 Å². The molecule has 0 spiro atoms. The summed E-state index contributed by atoms with van der Waals surface area (Å²) in [7, 11) is 0. The highest BCUT2D eigenvalue weighted by Gasteiger charge is 2.06. The quantitative estimate of drug-likeness (QED) is 0.482. The third kappa shape index (κ3) is 14.9. The van der Waals surface area contributed by atoms with Gasteiger partial charge >= 0.3 is 12.0 Å². The van der Waals surface area contributed by atoms with Crippen molar-refractivity contribution in [3.05, 3.63) is 0 Å². The molecule has 0 aliphatic heterocycles. The molecule has 2 amide bonds. The van der Waals surface area contributed by atoms with Gasteiger partial charge < -0.3 is 20.5 Å². The number of carbonyl (C=O) groups excluding carboxylic acids is 1. The van der Waals surface area contributed by atoms with Crippen molar-refractivity contribution in [2.75, 3.05) is 26.3 Å². The number of carbonyl (C=O) groups is 2. The zero-order chi connectivity index (χ0) is 16.1. The Labute approximate surface area is 127 Å². The van der Waals surface area contributed by atoms with Gasteiger partial charge in [0.15, 0.2) is 0 Å². The molecule has 0 aromatic rings. The predicted molar refractivity (Wildman–Crippen MR) is 82.3 cm³/mol. The van der Waals surface area contributed by atoms with E-state index < -0.39 is 5.97 Å². The Morgan fingerprint density at radius 3 is 2.29 bits per heavy atom. The monoisotopic (exact) mass is 302 g/mol. The lowest BCUT2D eigenvalue weighted by Gasteiger charge is -2.12. The number of carboxylic acids is 1. The van der Waals surface area contributed by atoms with Gasteiger partial charge in [-0.05, 0) is 31.1 Å². The third-order valence-electron chi connectivity index (χ3n) is 3.15. The molecule has 0 saturated heterocycles. The molecule has 0 aromatic heterocycles. The highest BCUT2D eigenvalue weighted by Crippen LogP contribution is 2.08. The van der Waals surface area contributed by atoms with Crippen LogP contribution in [0.4, 0.5) is 4.79 Å². The van der Waals surface area contributed by atoms with Crippen molar-refractivity contribution < 1.29 is 19.4 Å². The summed E-state index contributed by atoms with van der Waals surface area (Å²) in [6, 6.07) is -0.201. The average Bonchev–Trinajstić information content (AvgIpc) is 2.40. The lowest BCUT2D eigenvalue weighted by molar-refractivity contribution is -0.137. The lowest BCUT2D eigenvalue weighted by atomic mass is 10.0. The Kier molecular flexibility index (Phi) is 11.7. The molecule has 0 bridgehead atoms. The van der Waals surface area contributed by atoms with E-state index in [4.69, 9.17) is 9.84 Å². The minimum atomic E-state index is -0.773. The van der Waals surface area contributed by atoms with Gasteiger partial charge in [0.1, 0.15) is 0 Å². The van der Waals surface area contributed by atoms with E-state index in [0.717, 1.165) is 19.4 Å². The van der Waals surface area contributed by atoms with Crippen LogP contribution in [0.1, 0.15) is 46.5 Å². The van der Waals surface area contributed by atoms with E-state index in [1.54, 1.807) is 0 Å². The normalized spacial score (nSPS) is 12.2. The highest BCUT2D eigenvalue weighted by molar-refractivity contribution is 5.73. The van der Waals surface area contributed by atoms with Gasteiger partial charge in [-0.15, -0.1) is 0 Å². The summed E-state index contributed by atoms with van der Waals surface area (Å²) in [5, 5.41) is 14.1. The van der Waals surface area contributed by atoms with E-state index in [2.05, 4.69) is 24.5 Å². The fourth-order valence-electron chi connectivity index (χ4n) is 1.67. The molecule has 0 radical (unpaired) electrons. The van der Waals surface area contributed by atoms with Crippen molar-refractivity contribution >= 4 is 12.0 Å². The molecule has 0 aliphatic carbocycles. The molecule has 21 heavy (non-hydrogen) atoms. The first-order valence-corrected chi connectivity index (χ1v) is 7.73. The number of nitrogens with one attached hydrogen (secondary N) is 2. The number of rotatable bonds is 12. The molecular weight excluding hydrogens is 272 g/mol. The van der Waals surface area contributed by atoms with Gasteiger partial charge in [0.05, 0.1) is 6.61 Å². The zero-order valence-electron chi connectivity index (χ0n) is 13.5.